The molecule has 0 bridgehead atoms. The molecule has 6 nitrogen and oxygen atoms in total. The lowest BCUT2D eigenvalue weighted by Gasteiger charge is -2.32. The van der Waals surface area contributed by atoms with Gasteiger partial charge in [0, 0.05) is 26.1 Å². The Balaban J connectivity index is 1.61. The second-order valence-corrected chi connectivity index (χ2v) is 6.93. The maximum atomic E-state index is 12.4. The third-order valence-corrected chi connectivity index (χ3v) is 5.20. The first kappa shape index (κ1) is 16.1. The van der Waals surface area contributed by atoms with Crippen LogP contribution in [0.25, 0.3) is 10.2 Å². The van der Waals surface area contributed by atoms with Crippen molar-refractivity contribution in [3.05, 3.63) is 28.1 Å². The van der Waals surface area contributed by atoms with Crippen LogP contribution in [0.3, 0.4) is 0 Å². The minimum atomic E-state index is -0.0595. The van der Waals surface area contributed by atoms with Crippen LogP contribution in [0, 0.1) is 5.92 Å². The molecule has 0 spiro atoms. The van der Waals surface area contributed by atoms with E-state index in [-0.39, 0.29) is 11.5 Å². The molecule has 124 valence electrons. The molecule has 2 aromatic heterocycles. The minimum absolute atomic E-state index is 0.0595. The fourth-order valence-electron chi connectivity index (χ4n) is 3.17. The quantitative estimate of drug-likeness (QED) is 0.895. The van der Waals surface area contributed by atoms with Crippen molar-refractivity contribution < 1.29 is 4.79 Å². The Morgan fingerprint density at radius 3 is 3.22 bits per heavy atom. The monoisotopic (exact) mass is 334 g/mol. The number of hydrogen-bond acceptors (Lipinski definition) is 5. The Morgan fingerprint density at radius 1 is 1.52 bits per heavy atom. The highest BCUT2D eigenvalue weighted by molar-refractivity contribution is 7.16. The number of rotatable bonds is 5. The minimum Gasteiger partial charge on any atom is -0.342 e. The van der Waals surface area contributed by atoms with Crippen molar-refractivity contribution in [2.45, 2.75) is 25.8 Å². The zero-order chi connectivity index (χ0) is 16.2. The van der Waals surface area contributed by atoms with Gasteiger partial charge in [0.25, 0.3) is 5.56 Å². The smallest absolute Gasteiger partial charge is 0.262 e. The Hall–Kier alpha value is -1.73. The number of nitrogens with zero attached hydrogens (tertiary/aromatic N) is 3. The normalized spacial score (nSPS) is 18.5. The lowest BCUT2D eigenvalue weighted by Crippen LogP contribution is -2.42. The highest BCUT2D eigenvalue weighted by atomic mass is 32.1. The summed E-state index contributed by atoms with van der Waals surface area (Å²) in [5, 5.41) is 5.69. The van der Waals surface area contributed by atoms with Gasteiger partial charge in [-0.15, -0.1) is 11.3 Å². The molecule has 1 amide bonds. The van der Waals surface area contributed by atoms with Crippen molar-refractivity contribution in [2.24, 2.45) is 5.92 Å². The summed E-state index contributed by atoms with van der Waals surface area (Å²) in [5.74, 6) is 0.660. The summed E-state index contributed by atoms with van der Waals surface area (Å²) in [4.78, 5) is 31.7. The Bertz CT molecular complexity index is 737. The van der Waals surface area contributed by atoms with Gasteiger partial charge in [-0.05, 0) is 43.8 Å². The molecule has 7 heteroatoms. The van der Waals surface area contributed by atoms with Gasteiger partial charge < -0.3 is 10.2 Å². The number of fused-ring (bicyclic) bond motifs is 1. The van der Waals surface area contributed by atoms with Gasteiger partial charge in [0.2, 0.25) is 5.91 Å². The number of nitrogens with one attached hydrogen (secondary N) is 1. The third-order valence-electron chi connectivity index (χ3n) is 4.38. The van der Waals surface area contributed by atoms with Crippen LogP contribution in [0.5, 0.6) is 0 Å². The van der Waals surface area contributed by atoms with E-state index in [1.165, 1.54) is 17.8 Å². The molecule has 3 rings (SSSR count). The highest BCUT2D eigenvalue weighted by Crippen LogP contribution is 2.17. The van der Waals surface area contributed by atoms with Crippen molar-refractivity contribution in [1.82, 2.24) is 19.8 Å². The lowest BCUT2D eigenvalue weighted by molar-refractivity contribution is -0.133. The summed E-state index contributed by atoms with van der Waals surface area (Å²) in [7, 11) is 1.95. The molecule has 1 fully saturated rings. The van der Waals surface area contributed by atoms with E-state index in [0.29, 0.717) is 24.3 Å². The van der Waals surface area contributed by atoms with Crippen LogP contribution in [0.1, 0.15) is 19.3 Å². The molecule has 2 aromatic rings. The van der Waals surface area contributed by atoms with Gasteiger partial charge in [-0.3, -0.25) is 14.2 Å². The molecule has 3 heterocycles. The van der Waals surface area contributed by atoms with Gasteiger partial charge in [-0.25, -0.2) is 4.98 Å². The second kappa shape index (κ2) is 7.23. The summed E-state index contributed by atoms with van der Waals surface area (Å²) in [6.07, 6.45) is 4.13. The molecule has 0 aromatic carbocycles. The van der Waals surface area contributed by atoms with Crippen molar-refractivity contribution in [3.63, 3.8) is 0 Å². The van der Waals surface area contributed by atoms with E-state index in [1.807, 2.05) is 17.3 Å². The molecule has 1 unspecified atom stereocenters. The van der Waals surface area contributed by atoms with Crippen molar-refractivity contribution in [3.8, 4) is 0 Å². The number of thiophene rings is 1. The van der Waals surface area contributed by atoms with Crippen LogP contribution in [0.15, 0.2) is 22.6 Å². The molecule has 0 aliphatic carbocycles. The molecule has 23 heavy (non-hydrogen) atoms. The van der Waals surface area contributed by atoms with Gasteiger partial charge in [0.1, 0.15) is 4.83 Å². The van der Waals surface area contributed by atoms with Gasteiger partial charge in [-0.1, -0.05) is 0 Å². The molecule has 1 atom stereocenters. The van der Waals surface area contributed by atoms with Crippen molar-refractivity contribution in [2.75, 3.05) is 26.7 Å². The summed E-state index contributed by atoms with van der Waals surface area (Å²) >= 11 is 1.46. The van der Waals surface area contributed by atoms with E-state index in [2.05, 4.69) is 10.3 Å². The zero-order valence-corrected chi connectivity index (χ0v) is 14.1. The van der Waals surface area contributed by atoms with E-state index >= 15 is 0 Å². The molecular formula is C16H22N4O2S. The average molecular weight is 334 g/mol. The first-order valence-corrected chi connectivity index (χ1v) is 8.92. The number of amides is 1. The van der Waals surface area contributed by atoms with Gasteiger partial charge in [-0.2, -0.15) is 0 Å². The molecule has 1 aliphatic heterocycles. The van der Waals surface area contributed by atoms with Crippen LogP contribution < -0.4 is 10.9 Å². The Kier molecular flexibility index (Phi) is 5.07. The maximum absolute atomic E-state index is 12.4. The van der Waals surface area contributed by atoms with Crippen LogP contribution in [0.4, 0.5) is 0 Å². The number of likely N-dealkylation sites (tertiary alicyclic amines) is 1. The summed E-state index contributed by atoms with van der Waals surface area (Å²) in [6.45, 7) is 2.98. The maximum Gasteiger partial charge on any atom is 0.262 e. The molecule has 0 saturated carbocycles. The number of aromatic nitrogens is 2. The number of piperidine rings is 1. The van der Waals surface area contributed by atoms with E-state index in [9.17, 15) is 9.59 Å². The average Bonchev–Trinajstić information content (AvgIpc) is 3.04. The van der Waals surface area contributed by atoms with E-state index in [1.54, 1.807) is 17.0 Å². The Morgan fingerprint density at radius 2 is 2.39 bits per heavy atom. The van der Waals surface area contributed by atoms with E-state index in [4.69, 9.17) is 0 Å². The lowest BCUT2D eigenvalue weighted by atomic mass is 9.98. The fourth-order valence-corrected chi connectivity index (χ4v) is 3.90. The predicted molar refractivity (Wildman–Crippen MR) is 91.7 cm³/mol. The second-order valence-electron chi connectivity index (χ2n) is 6.04. The number of carbonyl (C=O) groups excluding carboxylic acids is 1. The molecule has 1 aliphatic rings. The van der Waals surface area contributed by atoms with Gasteiger partial charge in [0.05, 0.1) is 11.7 Å². The fraction of sp³-hybridized carbons (Fsp3) is 0.562. The van der Waals surface area contributed by atoms with E-state index in [0.717, 1.165) is 30.9 Å². The first-order chi connectivity index (χ1) is 11.2. The molecule has 0 radical (unpaired) electrons. The first-order valence-electron chi connectivity index (χ1n) is 8.04. The van der Waals surface area contributed by atoms with Crippen LogP contribution in [-0.2, 0) is 11.3 Å². The van der Waals surface area contributed by atoms with Gasteiger partial charge in [0.15, 0.2) is 0 Å². The molecular weight excluding hydrogens is 312 g/mol. The van der Waals surface area contributed by atoms with Gasteiger partial charge >= 0.3 is 0 Å². The zero-order valence-electron chi connectivity index (χ0n) is 13.3. The number of hydrogen-bond donors (Lipinski definition) is 1. The number of carbonyl (C=O) groups is 1. The van der Waals surface area contributed by atoms with Crippen molar-refractivity contribution >= 4 is 27.5 Å². The third kappa shape index (κ3) is 3.61. The van der Waals surface area contributed by atoms with Crippen LogP contribution >= 0.6 is 11.3 Å². The predicted octanol–water partition coefficient (Wildman–Crippen LogP) is 1.31. The number of aryl methyl sites for hydroxylation is 1. The van der Waals surface area contributed by atoms with E-state index < -0.39 is 0 Å². The summed E-state index contributed by atoms with van der Waals surface area (Å²) < 4.78 is 1.54. The topological polar surface area (TPSA) is 67.2 Å². The van der Waals surface area contributed by atoms with Crippen molar-refractivity contribution in [1.29, 1.82) is 0 Å². The Labute approximate surface area is 139 Å². The summed E-state index contributed by atoms with van der Waals surface area (Å²) in [5.41, 5.74) is -0.0595. The molecule has 1 N–H and O–H groups in total. The highest BCUT2D eigenvalue weighted by Gasteiger charge is 2.23. The molecule has 1 saturated heterocycles. The summed E-state index contributed by atoms with van der Waals surface area (Å²) in [6, 6.07) is 1.79. The SMILES string of the molecule is CNCC1CCCN(C(=O)CCn2cnc3sccc3c2=O)C1. The largest absolute Gasteiger partial charge is 0.342 e. The standard InChI is InChI=1S/C16H22N4O2S/c1-17-9-12-3-2-6-19(10-12)14(21)4-7-20-11-18-15-13(16(20)22)5-8-23-15/h5,8,11-12,17H,2-4,6-7,9-10H2,1H3. The van der Waals surface area contributed by atoms with Crippen LogP contribution in [0.2, 0.25) is 0 Å². The van der Waals surface area contributed by atoms with Crippen LogP contribution in [-0.4, -0.2) is 47.0 Å².